The van der Waals surface area contributed by atoms with Crippen LogP contribution in [-0.2, 0) is 9.53 Å². The van der Waals surface area contributed by atoms with Crippen molar-refractivity contribution >= 4 is 17.6 Å². The summed E-state index contributed by atoms with van der Waals surface area (Å²) in [7, 11) is 3.03. The zero-order valence-electron chi connectivity index (χ0n) is 16.6. The summed E-state index contributed by atoms with van der Waals surface area (Å²) in [6.07, 6.45) is -0.940. The molecule has 0 spiro atoms. The van der Waals surface area contributed by atoms with Gasteiger partial charge in [-0.2, -0.15) is 0 Å². The van der Waals surface area contributed by atoms with Crippen molar-refractivity contribution in [2.24, 2.45) is 0 Å². The Bertz CT molecular complexity index is 816. The maximum absolute atomic E-state index is 12.3. The van der Waals surface area contributed by atoms with Crippen molar-refractivity contribution in [1.29, 1.82) is 0 Å². The van der Waals surface area contributed by atoms with E-state index in [9.17, 15) is 9.59 Å². The monoisotopic (exact) mass is 387 g/mol. The molecule has 28 heavy (non-hydrogen) atoms. The second-order valence-corrected chi connectivity index (χ2v) is 6.30. The zero-order chi connectivity index (χ0) is 20.7. The maximum Gasteiger partial charge on any atom is 0.338 e. The maximum atomic E-state index is 12.3. The summed E-state index contributed by atoms with van der Waals surface area (Å²) in [5.74, 6) is 0.635. The van der Waals surface area contributed by atoms with Gasteiger partial charge in [-0.1, -0.05) is 0 Å². The van der Waals surface area contributed by atoms with Crippen molar-refractivity contribution in [3.05, 3.63) is 48.0 Å². The molecule has 0 unspecified atom stereocenters. The lowest BCUT2D eigenvalue weighted by atomic mass is 10.2. The third-order valence-corrected chi connectivity index (χ3v) is 3.77. The molecule has 0 aromatic heterocycles. The van der Waals surface area contributed by atoms with Crippen LogP contribution in [0.4, 0.5) is 5.69 Å². The lowest BCUT2D eigenvalue weighted by Crippen LogP contribution is -2.30. The standard InChI is InChI=1S/C21H25NO6/c1-13(2)27-17-9-6-15(7-10-17)21(24)28-14(3)20(23)22-16-8-11-18(25-4)19(12-16)26-5/h6-14H,1-5H3,(H,22,23)/t14-/m0/s1. The largest absolute Gasteiger partial charge is 0.493 e. The van der Waals surface area contributed by atoms with E-state index < -0.39 is 18.0 Å². The van der Waals surface area contributed by atoms with Gasteiger partial charge in [-0.05, 0) is 57.2 Å². The second kappa shape index (κ2) is 9.64. The Balaban J connectivity index is 1.97. The fourth-order valence-electron chi connectivity index (χ4n) is 2.38. The Morgan fingerprint density at radius 2 is 1.54 bits per heavy atom. The van der Waals surface area contributed by atoms with Crippen LogP contribution in [-0.4, -0.2) is 38.3 Å². The van der Waals surface area contributed by atoms with E-state index in [4.69, 9.17) is 18.9 Å². The molecule has 2 aromatic carbocycles. The number of ether oxygens (including phenoxy) is 4. The van der Waals surface area contributed by atoms with Gasteiger partial charge in [0.2, 0.25) is 0 Å². The normalized spacial score (nSPS) is 11.5. The van der Waals surface area contributed by atoms with Crippen LogP contribution in [0.2, 0.25) is 0 Å². The topological polar surface area (TPSA) is 83.1 Å². The van der Waals surface area contributed by atoms with Gasteiger partial charge in [-0.25, -0.2) is 4.79 Å². The predicted molar refractivity (Wildman–Crippen MR) is 105 cm³/mol. The zero-order valence-corrected chi connectivity index (χ0v) is 16.6. The molecule has 150 valence electrons. The van der Waals surface area contributed by atoms with Crippen molar-refractivity contribution in [3.8, 4) is 17.2 Å². The molecular weight excluding hydrogens is 362 g/mol. The molecule has 0 bridgehead atoms. The molecule has 0 fully saturated rings. The molecule has 0 saturated carbocycles. The van der Waals surface area contributed by atoms with Crippen LogP contribution in [0.25, 0.3) is 0 Å². The molecule has 0 aliphatic rings. The van der Waals surface area contributed by atoms with Crippen molar-refractivity contribution in [2.45, 2.75) is 33.0 Å². The van der Waals surface area contributed by atoms with E-state index in [2.05, 4.69) is 5.32 Å². The van der Waals surface area contributed by atoms with Gasteiger partial charge >= 0.3 is 5.97 Å². The number of carbonyl (C=O) groups is 2. The van der Waals surface area contributed by atoms with E-state index >= 15 is 0 Å². The van der Waals surface area contributed by atoms with Crippen LogP contribution in [0.5, 0.6) is 17.2 Å². The predicted octanol–water partition coefficient (Wildman–Crippen LogP) is 3.68. The average Bonchev–Trinajstić information content (AvgIpc) is 2.67. The summed E-state index contributed by atoms with van der Waals surface area (Å²) in [5, 5.41) is 2.68. The number of methoxy groups -OCH3 is 2. The fourth-order valence-corrected chi connectivity index (χ4v) is 2.38. The van der Waals surface area contributed by atoms with Gasteiger partial charge in [0.1, 0.15) is 5.75 Å². The molecule has 0 saturated heterocycles. The molecule has 2 aromatic rings. The molecule has 1 atom stereocenters. The quantitative estimate of drug-likeness (QED) is 0.696. The molecule has 2 rings (SSSR count). The van der Waals surface area contributed by atoms with E-state index in [1.807, 2.05) is 13.8 Å². The number of carbonyl (C=O) groups excluding carboxylic acids is 2. The first-order valence-corrected chi connectivity index (χ1v) is 8.84. The van der Waals surface area contributed by atoms with Gasteiger partial charge in [0.25, 0.3) is 5.91 Å². The molecule has 0 aliphatic heterocycles. The molecule has 0 radical (unpaired) electrons. The smallest absolute Gasteiger partial charge is 0.338 e. The van der Waals surface area contributed by atoms with Crippen LogP contribution < -0.4 is 19.5 Å². The second-order valence-electron chi connectivity index (χ2n) is 6.30. The highest BCUT2D eigenvalue weighted by atomic mass is 16.5. The summed E-state index contributed by atoms with van der Waals surface area (Å²) < 4.78 is 21.1. The van der Waals surface area contributed by atoms with Crippen molar-refractivity contribution < 1.29 is 28.5 Å². The number of anilines is 1. The average molecular weight is 387 g/mol. The SMILES string of the molecule is COc1ccc(NC(=O)[C@H](C)OC(=O)c2ccc(OC(C)C)cc2)cc1OC. The first kappa shape index (κ1) is 21.1. The molecular formula is C21H25NO6. The van der Waals surface area contributed by atoms with Crippen LogP contribution >= 0.6 is 0 Å². The number of nitrogens with one attached hydrogen (secondary N) is 1. The lowest BCUT2D eigenvalue weighted by molar-refractivity contribution is -0.123. The number of hydrogen-bond acceptors (Lipinski definition) is 6. The third kappa shape index (κ3) is 5.64. The summed E-state index contributed by atoms with van der Waals surface area (Å²) in [5.41, 5.74) is 0.836. The lowest BCUT2D eigenvalue weighted by Gasteiger charge is -2.15. The highest BCUT2D eigenvalue weighted by molar-refractivity contribution is 5.97. The highest BCUT2D eigenvalue weighted by Gasteiger charge is 2.19. The van der Waals surface area contributed by atoms with Gasteiger partial charge in [-0.15, -0.1) is 0 Å². The Hall–Kier alpha value is -3.22. The van der Waals surface area contributed by atoms with Crippen LogP contribution in [0.3, 0.4) is 0 Å². The van der Waals surface area contributed by atoms with Crippen LogP contribution in [0.1, 0.15) is 31.1 Å². The molecule has 7 nitrogen and oxygen atoms in total. The van der Waals surface area contributed by atoms with Crippen LogP contribution in [0.15, 0.2) is 42.5 Å². The molecule has 0 heterocycles. The Kier molecular flexibility index (Phi) is 7.26. The van der Waals surface area contributed by atoms with Gasteiger partial charge < -0.3 is 24.3 Å². The fraction of sp³-hybridized carbons (Fsp3) is 0.333. The third-order valence-electron chi connectivity index (χ3n) is 3.77. The van der Waals surface area contributed by atoms with Crippen molar-refractivity contribution in [2.75, 3.05) is 19.5 Å². The van der Waals surface area contributed by atoms with E-state index in [0.29, 0.717) is 28.5 Å². The van der Waals surface area contributed by atoms with Crippen molar-refractivity contribution in [1.82, 2.24) is 0 Å². The van der Waals surface area contributed by atoms with Crippen molar-refractivity contribution in [3.63, 3.8) is 0 Å². The summed E-state index contributed by atoms with van der Waals surface area (Å²) >= 11 is 0. The summed E-state index contributed by atoms with van der Waals surface area (Å²) in [6, 6.07) is 11.5. The number of hydrogen-bond donors (Lipinski definition) is 1. The molecule has 1 amide bonds. The Morgan fingerprint density at radius 3 is 2.11 bits per heavy atom. The van der Waals surface area contributed by atoms with Gasteiger partial charge in [0.05, 0.1) is 25.9 Å². The highest BCUT2D eigenvalue weighted by Crippen LogP contribution is 2.29. The minimum absolute atomic E-state index is 0.0399. The summed E-state index contributed by atoms with van der Waals surface area (Å²) in [6.45, 7) is 5.34. The van der Waals surface area contributed by atoms with E-state index in [1.54, 1.807) is 42.5 Å². The van der Waals surface area contributed by atoms with E-state index in [1.165, 1.54) is 21.1 Å². The number of amides is 1. The first-order chi connectivity index (χ1) is 13.3. The van der Waals surface area contributed by atoms with Gasteiger partial charge in [-0.3, -0.25) is 4.79 Å². The van der Waals surface area contributed by atoms with Gasteiger partial charge in [0.15, 0.2) is 17.6 Å². The molecule has 0 aliphatic carbocycles. The number of benzene rings is 2. The Labute approximate surface area is 164 Å². The van der Waals surface area contributed by atoms with E-state index in [-0.39, 0.29) is 6.10 Å². The van der Waals surface area contributed by atoms with Crippen LogP contribution in [0, 0.1) is 0 Å². The molecule has 7 heteroatoms. The van der Waals surface area contributed by atoms with Gasteiger partial charge in [0, 0.05) is 11.8 Å². The Morgan fingerprint density at radius 1 is 0.893 bits per heavy atom. The molecule has 1 N–H and O–H groups in total. The minimum atomic E-state index is -0.979. The number of rotatable bonds is 8. The van der Waals surface area contributed by atoms with E-state index in [0.717, 1.165) is 0 Å². The first-order valence-electron chi connectivity index (χ1n) is 8.84. The number of esters is 1. The minimum Gasteiger partial charge on any atom is -0.493 e. The summed E-state index contributed by atoms with van der Waals surface area (Å²) in [4.78, 5) is 24.6.